The molecule has 64 valence electrons. The third kappa shape index (κ3) is 1.42. The Labute approximate surface area is 68.5 Å². The van der Waals surface area contributed by atoms with Crippen molar-refractivity contribution < 1.29 is 4.74 Å². The average molecular weight is 155 g/mol. The monoisotopic (exact) mass is 155 g/mol. The minimum atomic E-state index is 0.714. The molecule has 0 aromatic heterocycles. The van der Waals surface area contributed by atoms with Crippen LogP contribution in [0.2, 0.25) is 0 Å². The van der Waals surface area contributed by atoms with Crippen molar-refractivity contribution in [1.29, 1.82) is 0 Å². The van der Waals surface area contributed by atoms with E-state index in [0.29, 0.717) is 6.04 Å². The van der Waals surface area contributed by atoms with Crippen LogP contribution in [0.3, 0.4) is 0 Å². The van der Waals surface area contributed by atoms with Crippen molar-refractivity contribution in [1.82, 2.24) is 4.90 Å². The zero-order valence-electron chi connectivity index (χ0n) is 7.42. The van der Waals surface area contributed by atoms with Crippen LogP contribution in [0.1, 0.15) is 19.8 Å². The highest BCUT2D eigenvalue weighted by Gasteiger charge is 2.35. The summed E-state index contributed by atoms with van der Waals surface area (Å²) < 4.78 is 5.16. The molecule has 1 aliphatic heterocycles. The van der Waals surface area contributed by atoms with Crippen LogP contribution in [-0.2, 0) is 4.74 Å². The van der Waals surface area contributed by atoms with Crippen molar-refractivity contribution in [3.8, 4) is 0 Å². The molecule has 0 aromatic rings. The Morgan fingerprint density at radius 3 is 2.36 bits per heavy atom. The number of hydrogen-bond acceptors (Lipinski definition) is 2. The molecule has 2 heteroatoms. The smallest absolute Gasteiger partial charge is 0.0645 e. The Balaban J connectivity index is 1.81. The number of ether oxygens (including phenoxy) is 1. The van der Waals surface area contributed by atoms with E-state index in [4.69, 9.17) is 4.74 Å². The van der Waals surface area contributed by atoms with Crippen molar-refractivity contribution >= 4 is 0 Å². The van der Waals surface area contributed by atoms with Gasteiger partial charge in [-0.25, -0.2) is 0 Å². The largest absolute Gasteiger partial charge is 0.378 e. The van der Waals surface area contributed by atoms with Gasteiger partial charge < -0.3 is 4.74 Å². The molecule has 2 fully saturated rings. The lowest BCUT2D eigenvalue weighted by atomic mass is 10.1. The van der Waals surface area contributed by atoms with Gasteiger partial charge in [-0.05, 0) is 32.7 Å². The van der Waals surface area contributed by atoms with Gasteiger partial charge in [0, 0.05) is 6.04 Å². The Kier molecular flexibility index (Phi) is 1.90. The second-order valence-electron chi connectivity index (χ2n) is 3.93. The minimum absolute atomic E-state index is 0.714. The van der Waals surface area contributed by atoms with Gasteiger partial charge in [-0.15, -0.1) is 0 Å². The van der Waals surface area contributed by atoms with E-state index < -0.39 is 0 Å². The number of hydrogen-bond donors (Lipinski definition) is 0. The molecule has 1 saturated carbocycles. The summed E-state index contributed by atoms with van der Waals surface area (Å²) in [5.41, 5.74) is 0. The first-order chi connectivity index (χ1) is 5.29. The van der Waals surface area contributed by atoms with Crippen LogP contribution in [0.15, 0.2) is 0 Å². The fraction of sp³-hybridized carbons (Fsp3) is 1.00. The van der Waals surface area contributed by atoms with Crippen LogP contribution in [0.5, 0.6) is 0 Å². The molecule has 1 atom stereocenters. The summed E-state index contributed by atoms with van der Waals surface area (Å²) in [6.45, 7) is 4.25. The standard InChI is InChI=1S/C9H17NO/c1-7(8-3-4-8)10(2)9-5-11-6-9/h7-9H,3-6H2,1-2H3. The highest BCUT2D eigenvalue weighted by molar-refractivity contribution is 4.88. The average Bonchev–Trinajstić information content (AvgIpc) is 2.62. The molecule has 1 heterocycles. The SMILES string of the molecule is CC(C1CC1)N(C)C1COC1. The lowest BCUT2D eigenvalue weighted by molar-refractivity contribution is -0.0696. The Bertz CT molecular complexity index is 140. The van der Waals surface area contributed by atoms with Crippen molar-refractivity contribution in [3.05, 3.63) is 0 Å². The van der Waals surface area contributed by atoms with E-state index in [1.165, 1.54) is 12.8 Å². The maximum absolute atomic E-state index is 5.16. The Hall–Kier alpha value is -0.0800. The van der Waals surface area contributed by atoms with Gasteiger partial charge in [0.25, 0.3) is 0 Å². The van der Waals surface area contributed by atoms with E-state index in [1.54, 1.807) is 0 Å². The van der Waals surface area contributed by atoms with E-state index in [2.05, 4.69) is 18.9 Å². The van der Waals surface area contributed by atoms with E-state index in [1.807, 2.05) is 0 Å². The second kappa shape index (κ2) is 2.76. The molecule has 0 N–H and O–H groups in total. The van der Waals surface area contributed by atoms with Gasteiger partial charge in [0.2, 0.25) is 0 Å². The lowest BCUT2D eigenvalue weighted by Crippen LogP contribution is -2.51. The zero-order chi connectivity index (χ0) is 7.84. The third-order valence-electron chi connectivity index (χ3n) is 3.14. The molecule has 11 heavy (non-hydrogen) atoms. The molecule has 2 rings (SSSR count). The fourth-order valence-corrected chi connectivity index (χ4v) is 1.70. The molecular formula is C9H17NO. The van der Waals surface area contributed by atoms with Gasteiger partial charge in [-0.3, -0.25) is 4.90 Å². The molecule has 1 saturated heterocycles. The normalized spacial score (nSPS) is 28.6. The summed E-state index contributed by atoms with van der Waals surface area (Å²) in [5, 5.41) is 0. The summed E-state index contributed by atoms with van der Waals surface area (Å²) in [7, 11) is 2.23. The van der Waals surface area contributed by atoms with Crippen LogP contribution >= 0.6 is 0 Å². The molecule has 1 aliphatic carbocycles. The van der Waals surface area contributed by atoms with Crippen molar-refractivity contribution in [2.45, 2.75) is 31.8 Å². The van der Waals surface area contributed by atoms with E-state index in [-0.39, 0.29) is 0 Å². The minimum Gasteiger partial charge on any atom is -0.378 e. The molecule has 0 spiro atoms. The summed E-state index contributed by atoms with van der Waals surface area (Å²) in [4.78, 5) is 2.49. The second-order valence-corrected chi connectivity index (χ2v) is 3.93. The third-order valence-corrected chi connectivity index (χ3v) is 3.14. The molecule has 0 radical (unpaired) electrons. The van der Waals surface area contributed by atoms with Gasteiger partial charge in [0.05, 0.1) is 19.3 Å². The van der Waals surface area contributed by atoms with Gasteiger partial charge >= 0.3 is 0 Å². The summed E-state index contributed by atoms with van der Waals surface area (Å²) in [6, 6.07) is 1.49. The van der Waals surface area contributed by atoms with Crippen LogP contribution in [-0.4, -0.2) is 37.2 Å². The van der Waals surface area contributed by atoms with Crippen LogP contribution < -0.4 is 0 Å². The highest BCUT2D eigenvalue weighted by atomic mass is 16.5. The fourth-order valence-electron chi connectivity index (χ4n) is 1.70. The molecule has 1 unspecified atom stereocenters. The quantitative estimate of drug-likeness (QED) is 0.605. The van der Waals surface area contributed by atoms with Gasteiger partial charge in [-0.2, -0.15) is 0 Å². The zero-order valence-corrected chi connectivity index (χ0v) is 7.42. The predicted molar refractivity (Wildman–Crippen MR) is 44.6 cm³/mol. The molecule has 2 nitrogen and oxygen atoms in total. The van der Waals surface area contributed by atoms with E-state index in [0.717, 1.165) is 25.2 Å². The number of likely N-dealkylation sites (N-methyl/N-ethyl adjacent to an activating group) is 1. The van der Waals surface area contributed by atoms with Gasteiger partial charge in [0.15, 0.2) is 0 Å². The van der Waals surface area contributed by atoms with Crippen molar-refractivity contribution in [2.24, 2.45) is 5.92 Å². The van der Waals surface area contributed by atoms with Gasteiger partial charge in [-0.1, -0.05) is 0 Å². The molecule has 0 aromatic carbocycles. The number of rotatable bonds is 3. The van der Waals surface area contributed by atoms with Crippen LogP contribution in [0, 0.1) is 5.92 Å². The summed E-state index contributed by atoms with van der Waals surface area (Å²) in [6.07, 6.45) is 2.89. The molecule has 0 amide bonds. The maximum atomic E-state index is 5.16. The van der Waals surface area contributed by atoms with Crippen LogP contribution in [0.4, 0.5) is 0 Å². The summed E-state index contributed by atoms with van der Waals surface area (Å²) >= 11 is 0. The van der Waals surface area contributed by atoms with Crippen molar-refractivity contribution in [3.63, 3.8) is 0 Å². The number of nitrogens with zero attached hydrogens (tertiary/aromatic N) is 1. The predicted octanol–water partition coefficient (Wildman–Crippen LogP) is 1.12. The lowest BCUT2D eigenvalue weighted by Gasteiger charge is -2.38. The summed E-state index contributed by atoms with van der Waals surface area (Å²) in [5.74, 6) is 0.987. The molecule has 2 aliphatic rings. The van der Waals surface area contributed by atoms with Crippen molar-refractivity contribution in [2.75, 3.05) is 20.3 Å². The first-order valence-electron chi connectivity index (χ1n) is 4.58. The molecule has 0 bridgehead atoms. The first-order valence-corrected chi connectivity index (χ1v) is 4.58. The maximum Gasteiger partial charge on any atom is 0.0645 e. The van der Waals surface area contributed by atoms with E-state index in [9.17, 15) is 0 Å². The topological polar surface area (TPSA) is 12.5 Å². The Morgan fingerprint density at radius 2 is 2.00 bits per heavy atom. The van der Waals surface area contributed by atoms with E-state index >= 15 is 0 Å². The highest BCUT2D eigenvalue weighted by Crippen LogP contribution is 2.35. The van der Waals surface area contributed by atoms with Gasteiger partial charge in [0.1, 0.15) is 0 Å². The first kappa shape index (κ1) is 7.56. The Morgan fingerprint density at radius 1 is 1.36 bits per heavy atom. The van der Waals surface area contributed by atoms with Crippen LogP contribution in [0.25, 0.3) is 0 Å². The molecular weight excluding hydrogens is 138 g/mol.